The molecule has 5 aliphatic carbocycles. The number of amides is 1. The predicted octanol–water partition coefficient (Wildman–Crippen LogP) is 2.93. The molecule has 0 spiro atoms. The number of carbonyl (C=O) groups is 1. The van der Waals surface area contributed by atoms with Crippen molar-refractivity contribution in [1.29, 1.82) is 0 Å². The summed E-state index contributed by atoms with van der Waals surface area (Å²) in [5, 5.41) is 0. The predicted molar refractivity (Wildman–Crippen MR) is 78.7 cm³/mol. The molecule has 0 heterocycles. The Morgan fingerprint density at radius 3 is 2.15 bits per heavy atom. The van der Waals surface area contributed by atoms with Crippen molar-refractivity contribution in [2.24, 2.45) is 35.5 Å². The zero-order valence-corrected chi connectivity index (χ0v) is 12.3. The first kappa shape index (κ1) is 12.7. The van der Waals surface area contributed by atoms with Gasteiger partial charge in [-0.25, -0.2) is 0 Å². The molecule has 5 rings (SSSR count). The summed E-state index contributed by atoms with van der Waals surface area (Å²) in [6, 6.07) is 0. The highest BCUT2D eigenvalue weighted by atomic mass is 16.2. The van der Waals surface area contributed by atoms with E-state index in [1.54, 1.807) is 0 Å². The maximum Gasteiger partial charge on any atom is 0.227 e. The maximum absolute atomic E-state index is 13.0. The minimum absolute atomic E-state index is 0.315. The van der Waals surface area contributed by atoms with Gasteiger partial charge in [0.15, 0.2) is 0 Å². The van der Waals surface area contributed by atoms with Crippen LogP contribution in [0.3, 0.4) is 0 Å². The monoisotopic (exact) mass is 271 g/mol. The Kier molecular flexibility index (Phi) is 3.05. The molecule has 108 valence electrons. The summed E-state index contributed by atoms with van der Waals surface area (Å²) in [5.74, 6) is 7.40. The Labute approximate surface area is 122 Å². The largest absolute Gasteiger partial charge is 0.331 e. The van der Waals surface area contributed by atoms with Crippen molar-refractivity contribution in [3.63, 3.8) is 0 Å². The lowest BCUT2D eigenvalue weighted by atomic mass is 9.51. The molecule has 0 N–H and O–H groups in total. The fraction of sp³-hybridized carbons (Fsp3) is 0.833. The summed E-state index contributed by atoms with van der Waals surface area (Å²) in [7, 11) is 0. The van der Waals surface area contributed by atoms with E-state index in [4.69, 9.17) is 6.42 Å². The van der Waals surface area contributed by atoms with E-state index in [0.29, 0.717) is 30.2 Å². The molecule has 4 bridgehead atoms. The highest BCUT2D eigenvalue weighted by molar-refractivity contribution is 5.80. The van der Waals surface area contributed by atoms with Gasteiger partial charge in [-0.2, -0.15) is 0 Å². The van der Waals surface area contributed by atoms with Gasteiger partial charge in [-0.3, -0.25) is 4.79 Å². The van der Waals surface area contributed by atoms with E-state index in [1.165, 1.54) is 44.9 Å². The van der Waals surface area contributed by atoms with Crippen molar-refractivity contribution in [1.82, 2.24) is 4.90 Å². The number of carbonyl (C=O) groups excluding carboxylic acids is 1. The molecule has 0 aromatic carbocycles. The average molecular weight is 271 g/mol. The van der Waals surface area contributed by atoms with E-state index in [-0.39, 0.29) is 0 Å². The lowest BCUT2D eigenvalue weighted by molar-refractivity contribution is -0.148. The first-order valence-electron chi connectivity index (χ1n) is 8.46. The molecule has 5 fully saturated rings. The summed E-state index contributed by atoms with van der Waals surface area (Å²) >= 11 is 0. The van der Waals surface area contributed by atoms with Crippen molar-refractivity contribution in [3.8, 4) is 12.3 Å². The van der Waals surface area contributed by atoms with E-state index in [1.807, 2.05) is 4.90 Å². The first-order chi connectivity index (χ1) is 9.74. The molecule has 0 aromatic heterocycles. The standard InChI is InChI=1S/C18H25NO/c1-2-5-19(11-12-3-4-12)18(20)17-15-7-13-6-14(9-15)10-16(17)8-13/h1,12-17H,3-11H2. The van der Waals surface area contributed by atoms with Gasteiger partial charge in [-0.05, 0) is 74.5 Å². The lowest BCUT2D eigenvalue weighted by Crippen LogP contribution is -2.52. The minimum Gasteiger partial charge on any atom is -0.331 e. The molecule has 1 amide bonds. The molecular formula is C18H25NO. The van der Waals surface area contributed by atoms with Crippen LogP contribution in [0, 0.1) is 47.9 Å². The second kappa shape index (κ2) is 4.79. The third-order valence-electron chi connectivity index (χ3n) is 6.28. The van der Waals surface area contributed by atoms with Gasteiger partial charge in [-0.15, -0.1) is 6.42 Å². The molecule has 0 aliphatic heterocycles. The summed E-state index contributed by atoms with van der Waals surface area (Å²) in [6.45, 7) is 1.45. The van der Waals surface area contributed by atoms with Gasteiger partial charge in [0, 0.05) is 12.5 Å². The molecule has 0 aromatic rings. The van der Waals surface area contributed by atoms with Crippen LogP contribution in [-0.4, -0.2) is 23.9 Å². The van der Waals surface area contributed by atoms with Gasteiger partial charge in [-0.1, -0.05) is 5.92 Å². The van der Waals surface area contributed by atoms with Crippen molar-refractivity contribution < 1.29 is 4.79 Å². The van der Waals surface area contributed by atoms with E-state index in [0.717, 1.165) is 24.3 Å². The molecule has 0 unspecified atom stereocenters. The van der Waals surface area contributed by atoms with Gasteiger partial charge >= 0.3 is 0 Å². The summed E-state index contributed by atoms with van der Waals surface area (Å²) in [6.07, 6.45) is 14.8. The minimum atomic E-state index is 0.315. The fourth-order valence-electron chi connectivity index (χ4n) is 5.49. The van der Waals surface area contributed by atoms with Crippen LogP contribution < -0.4 is 0 Å². The van der Waals surface area contributed by atoms with Gasteiger partial charge < -0.3 is 4.90 Å². The Morgan fingerprint density at radius 2 is 1.65 bits per heavy atom. The second-order valence-corrected chi connectivity index (χ2v) is 7.82. The maximum atomic E-state index is 13.0. The van der Waals surface area contributed by atoms with Crippen LogP contribution in [0.4, 0.5) is 0 Å². The zero-order chi connectivity index (χ0) is 13.7. The third kappa shape index (κ3) is 2.16. The van der Waals surface area contributed by atoms with E-state index >= 15 is 0 Å². The Hall–Kier alpha value is -0.970. The third-order valence-corrected chi connectivity index (χ3v) is 6.28. The average Bonchev–Trinajstić information content (AvgIpc) is 3.20. The summed E-state index contributed by atoms with van der Waals surface area (Å²) in [5.41, 5.74) is 0. The number of hydrogen-bond acceptors (Lipinski definition) is 1. The fourth-order valence-corrected chi connectivity index (χ4v) is 5.49. The Morgan fingerprint density at radius 1 is 1.05 bits per heavy atom. The topological polar surface area (TPSA) is 20.3 Å². The van der Waals surface area contributed by atoms with Crippen molar-refractivity contribution in [2.75, 3.05) is 13.1 Å². The van der Waals surface area contributed by atoms with Crippen LogP contribution in [0.2, 0.25) is 0 Å². The SMILES string of the molecule is C#CCN(CC1CC1)C(=O)C1C2CC3CC(C2)CC1C3. The zero-order valence-electron chi connectivity index (χ0n) is 12.3. The van der Waals surface area contributed by atoms with Gasteiger partial charge in [0.25, 0.3) is 0 Å². The van der Waals surface area contributed by atoms with Crippen LogP contribution in [0.25, 0.3) is 0 Å². The smallest absolute Gasteiger partial charge is 0.227 e. The van der Waals surface area contributed by atoms with Crippen LogP contribution >= 0.6 is 0 Å². The van der Waals surface area contributed by atoms with Crippen LogP contribution in [0.15, 0.2) is 0 Å². The lowest BCUT2D eigenvalue weighted by Gasteiger charge is -2.54. The molecule has 5 saturated carbocycles. The molecular weight excluding hydrogens is 246 g/mol. The van der Waals surface area contributed by atoms with Gasteiger partial charge in [0.05, 0.1) is 6.54 Å². The van der Waals surface area contributed by atoms with Gasteiger partial charge in [0.2, 0.25) is 5.91 Å². The van der Waals surface area contributed by atoms with Gasteiger partial charge in [0.1, 0.15) is 0 Å². The summed E-state index contributed by atoms with van der Waals surface area (Å²) in [4.78, 5) is 15.0. The number of hydrogen-bond donors (Lipinski definition) is 0. The molecule has 2 heteroatoms. The second-order valence-electron chi connectivity index (χ2n) is 7.82. The molecule has 0 saturated heterocycles. The van der Waals surface area contributed by atoms with Crippen molar-refractivity contribution >= 4 is 5.91 Å². The van der Waals surface area contributed by atoms with E-state index in [9.17, 15) is 4.79 Å². The first-order valence-corrected chi connectivity index (χ1v) is 8.46. The van der Waals surface area contributed by atoms with E-state index < -0.39 is 0 Å². The van der Waals surface area contributed by atoms with Crippen LogP contribution in [0.1, 0.15) is 44.9 Å². The Balaban J connectivity index is 1.50. The Bertz CT molecular complexity index is 417. The van der Waals surface area contributed by atoms with Crippen LogP contribution in [-0.2, 0) is 4.79 Å². The molecule has 0 radical (unpaired) electrons. The van der Waals surface area contributed by atoms with Crippen LogP contribution in [0.5, 0.6) is 0 Å². The normalized spacial score (nSPS) is 41.5. The number of rotatable bonds is 4. The molecule has 5 aliphatic rings. The summed E-state index contributed by atoms with van der Waals surface area (Å²) < 4.78 is 0. The van der Waals surface area contributed by atoms with Crippen molar-refractivity contribution in [2.45, 2.75) is 44.9 Å². The quantitative estimate of drug-likeness (QED) is 0.720. The molecule has 0 atom stereocenters. The highest BCUT2D eigenvalue weighted by Gasteiger charge is 2.51. The highest BCUT2D eigenvalue weighted by Crippen LogP contribution is 2.56. The van der Waals surface area contributed by atoms with Crippen molar-refractivity contribution in [3.05, 3.63) is 0 Å². The number of nitrogens with zero attached hydrogens (tertiary/aromatic N) is 1. The molecule has 20 heavy (non-hydrogen) atoms. The van der Waals surface area contributed by atoms with E-state index in [2.05, 4.69) is 5.92 Å². The molecule has 2 nitrogen and oxygen atoms in total. The number of terminal acetylenes is 1.